The van der Waals surface area contributed by atoms with Gasteiger partial charge in [-0.3, -0.25) is 14.2 Å². The predicted molar refractivity (Wildman–Crippen MR) is 159 cm³/mol. The van der Waals surface area contributed by atoms with Crippen LogP contribution >= 0.6 is 25.3 Å². The summed E-state index contributed by atoms with van der Waals surface area (Å²) in [5, 5.41) is 0.722. The number of thioether (sulfide) groups is 1. The number of hydrogen-bond acceptors (Lipinski definition) is 7. The normalized spacial score (nSPS) is 21.6. The van der Waals surface area contributed by atoms with Crippen molar-refractivity contribution in [3.8, 4) is 11.1 Å². The molecule has 1 amide bonds. The van der Waals surface area contributed by atoms with Crippen molar-refractivity contribution >= 4 is 53.7 Å². The Balaban J connectivity index is 0.00000337. The molecule has 2 unspecified atom stereocenters. The van der Waals surface area contributed by atoms with E-state index in [1.807, 2.05) is 17.9 Å². The van der Waals surface area contributed by atoms with Gasteiger partial charge in [-0.05, 0) is 36.8 Å². The third-order valence-corrected chi connectivity index (χ3v) is 9.23. The van der Waals surface area contributed by atoms with Crippen LogP contribution in [-0.4, -0.2) is 70.8 Å². The summed E-state index contributed by atoms with van der Waals surface area (Å²) in [6.45, 7) is 6.45. The molecule has 2 saturated heterocycles. The average Bonchev–Trinajstić information content (AvgIpc) is 2.90. The molecule has 3 aromatic rings. The van der Waals surface area contributed by atoms with Gasteiger partial charge >= 0.3 is 5.69 Å². The van der Waals surface area contributed by atoms with Gasteiger partial charge in [-0.1, -0.05) is 6.58 Å². The molecule has 0 saturated carbocycles. The summed E-state index contributed by atoms with van der Waals surface area (Å²) in [4.78, 5) is 47.7. The van der Waals surface area contributed by atoms with Crippen LogP contribution in [0.5, 0.6) is 0 Å². The van der Waals surface area contributed by atoms with Crippen molar-refractivity contribution in [2.24, 2.45) is 0 Å². The number of methoxy groups -OCH3 is 1. The maximum absolute atomic E-state index is 15.1. The molecule has 0 aliphatic carbocycles. The monoisotopic (exact) mass is 600 g/mol. The first-order chi connectivity index (χ1) is 19.2. The van der Waals surface area contributed by atoms with Gasteiger partial charge in [0, 0.05) is 66.3 Å². The van der Waals surface area contributed by atoms with Crippen molar-refractivity contribution in [3.05, 3.63) is 64.6 Å². The van der Waals surface area contributed by atoms with E-state index in [0.29, 0.717) is 42.3 Å². The third-order valence-electron chi connectivity index (χ3n) is 7.99. The maximum Gasteiger partial charge on any atom is 0.350 e. The molecule has 3 aliphatic rings. The second kappa shape index (κ2) is 11.2. The van der Waals surface area contributed by atoms with Crippen LogP contribution in [-0.2, 0) is 14.3 Å². The number of piperazine rings is 1. The van der Waals surface area contributed by atoms with Gasteiger partial charge in [-0.25, -0.2) is 13.6 Å². The number of ketones is 1. The SMILES string of the molecule is C=CC(=O)N1C2CC(=O)CC1CN(c1nc(=O)n3c4c(c(-c5ccc(F)cc5F)c(C)cc14)SC[C@@H]3COC)C2.S. The zero-order chi connectivity index (χ0) is 28.3. The van der Waals surface area contributed by atoms with Gasteiger partial charge in [0.25, 0.3) is 0 Å². The van der Waals surface area contributed by atoms with Gasteiger partial charge in [-0.15, -0.1) is 11.8 Å². The van der Waals surface area contributed by atoms with Crippen LogP contribution in [0.4, 0.5) is 14.6 Å². The highest BCUT2D eigenvalue weighted by Gasteiger charge is 2.43. The van der Waals surface area contributed by atoms with Gasteiger partial charge in [0.1, 0.15) is 23.2 Å². The fourth-order valence-corrected chi connectivity index (χ4v) is 7.80. The lowest BCUT2D eigenvalue weighted by molar-refractivity contribution is -0.138. The van der Waals surface area contributed by atoms with E-state index in [1.165, 1.54) is 30.0 Å². The number of rotatable bonds is 5. The summed E-state index contributed by atoms with van der Waals surface area (Å²) in [6.07, 6.45) is 1.72. The van der Waals surface area contributed by atoms with Crippen LogP contribution in [0.15, 0.2) is 46.6 Å². The minimum Gasteiger partial charge on any atom is -0.383 e. The van der Waals surface area contributed by atoms with Gasteiger partial charge in [0.05, 0.1) is 30.2 Å². The maximum atomic E-state index is 15.1. The minimum atomic E-state index is -0.679. The fourth-order valence-electron chi connectivity index (χ4n) is 6.43. The topological polar surface area (TPSA) is 84.7 Å². The van der Waals surface area contributed by atoms with Crippen LogP contribution < -0.4 is 10.6 Å². The van der Waals surface area contributed by atoms with E-state index < -0.39 is 17.3 Å². The van der Waals surface area contributed by atoms with Crippen molar-refractivity contribution in [2.75, 3.05) is 37.5 Å². The Kier molecular flexibility index (Phi) is 8.01. The first-order valence-corrected chi connectivity index (χ1v) is 14.1. The van der Waals surface area contributed by atoms with Crippen LogP contribution in [0.1, 0.15) is 24.4 Å². The smallest absolute Gasteiger partial charge is 0.350 e. The standard InChI is InChI=1S/C29H28F2N4O4S.H2S/c1-4-24(37)34-17-9-20(36)10-18(34)12-33(11-17)28-22-7-15(2)25(21-6-5-16(30)8-23(21)31)27-26(22)35(29(38)32-28)19(13-39-3)14-40-27;/h4-8,17-19H,1,9-14H2,2-3H3;1H2/t17?,18?,19-;/m0./s1. The van der Waals surface area contributed by atoms with Crippen LogP contribution in [0.3, 0.4) is 0 Å². The number of Topliss-reactive ketones (excluding diaryl/α,β-unsaturated/α-hetero) is 1. The molecule has 0 radical (unpaired) electrons. The number of hydrogen-bond donors (Lipinski definition) is 0. The number of fused-ring (bicyclic) bond motifs is 2. The van der Waals surface area contributed by atoms with E-state index in [1.54, 1.807) is 16.6 Å². The van der Waals surface area contributed by atoms with E-state index in [-0.39, 0.29) is 61.7 Å². The van der Waals surface area contributed by atoms with Crippen molar-refractivity contribution in [1.82, 2.24) is 14.5 Å². The minimum absolute atomic E-state index is 0. The second-order valence-corrected chi connectivity index (χ2v) is 11.6. The summed E-state index contributed by atoms with van der Waals surface area (Å²) in [5.41, 5.74) is 1.81. The molecule has 0 spiro atoms. The molecule has 2 bridgehead atoms. The van der Waals surface area contributed by atoms with E-state index in [2.05, 4.69) is 11.6 Å². The van der Waals surface area contributed by atoms with E-state index in [0.717, 1.165) is 21.9 Å². The molecule has 4 heterocycles. The molecule has 2 aromatic carbocycles. The number of nitrogens with zero attached hydrogens (tertiary/aromatic N) is 4. The highest BCUT2D eigenvalue weighted by molar-refractivity contribution is 7.99. The molecule has 1 aromatic heterocycles. The lowest BCUT2D eigenvalue weighted by Crippen LogP contribution is -2.64. The predicted octanol–water partition coefficient (Wildman–Crippen LogP) is 3.99. The van der Waals surface area contributed by atoms with E-state index in [9.17, 15) is 18.8 Å². The molecule has 3 aliphatic heterocycles. The molecule has 2 fully saturated rings. The van der Waals surface area contributed by atoms with Gasteiger partial charge in [0.15, 0.2) is 0 Å². The van der Waals surface area contributed by atoms with Crippen molar-refractivity contribution in [2.45, 2.75) is 42.8 Å². The Hall–Kier alpha value is -3.22. The zero-order valence-electron chi connectivity index (χ0n) is 22.7. The van der Waals surface area contributed by atoms with Crippen molar-refractivity contribution in [1.29, 1.82) is 0 Å². The molecular weight excluding hydrogens is 570 g/mol. The average molecular weight is 601 g/mol. The van der Waals surface area contributed by atoms with Crippen LogP contribution in [0.25, 0.3) is 22.0 Å². The number of amides is 1. The number of carbonyl (C=O) groups excluding carboxylic acids is 2. The van der Waals surface area contributed by atoms with E-state index >= 15 is 4.39 Å². The largest absolute Gasteiger partial charge is 0.383 e. The van der Waals surface area contributed by atoms with Crippen LogP contribution in [0.2, 0.25) is 0 Å². The summed E-state index contributed by atoms with van der Waals surface area (Å²) < 4.78 is 35.9. The first-order valence-electron chi connectivity index (χ1n) is 13.1. The zero-order valence-corrected chi connectivity index (χ0v) is 24.5. The number of anilines is 1. The number of ether oxygens (including phenoxy) is 1. The molecule has 41 heavy (non-hydrogen) atoms. The number of halogens is 2. The molecular formula is C29H30F2N4O4S2. The fraction of sp³-hybridized carbons (Fsp3) is 0.379. The lowest BCUT2D eigenvalue weighted by Gasteiger charge is -2.49. The Bertz CT molecular complexity index is 1630. The molecule has 6 rings (SSSR count). The highest BCUT2D eigenvalue weighted by Crippen LogP contribution is 2.46. The lowest BCUT2D eigenvalue weighted by atomic mass is 9.89. The Morgan fingerprint density at radius 2 is 1.90 bits per heavy atom. The van der Waals surface area contributed by atoms with Crippen molar-refractivity contribution < 1.29 is 23.1 Å². The van der Waals surface area contributed by atoms with Crippen LogP contribution in [0, 0.1) is 18.6 Å². The molecule has 3 atom stereocenters. The number of aryl methyl sites for hydroxylation is 1. The van der Waals surface area contributed by atoms with Gasteiger partial charge in [0.2, 0.25) is 5.91 Å². The molecule has 0 N–H and O–H groups in total. The first kappa shape index (κ1) is 29.3. The Morgan fingerprint density at radius 1 is 1.20 bits per heavy atom. The molecule has 216 valence electrons. The Morgan fingerprint density at radius 3 is 2.54 bits per heavy atom. The number of benzene rings is 2. The Labute approximate surface area is 246 Å². The quantitative estimate of drug-likeness (QED) is 0.410. The second-order valence-electron chi connectivity index (χ2n) is 10.5. The number of piperidine rings is 1. The summed E-state index contributed by atoms with van der Waals surface area (Å²) in [6, 6.07) is 4.41. The van der Waals surface area contributed by atoms with E-state index in [4.69, 9.17) is 4.74 Å². The summed E-state index contributed by atoms with van der Waals surface area (Å²) in [5.74, 6) is -0.462. The van der Waals surface area contributed by atoms with Crippen molar-refractivity contribution in [3.63, 3.8) is 0 Å². The van der Waals surface area contributed by atoms with Gasteiger partial charge < -0.3 is 14.5 Å². The summed E-state index contributed by atoms with van der Waals surface area (Å²) in [7, 11) is 1.57. The number of aromatic nitrogens is 2. The highest BCUT2D eigenvalue weighted by atomic mass is 32.2. The number of carbonyl (C=O) groups is 2. The molecule has 8 nitrogen and oxygen atoms in total. The molecule has 12 heteroatoms. The third kappa shape index (κ3) is 4.85. The van der Waals surface area contributed by atoms with Gasteiger partial charge in [-0.2, -0.15) is 18.5 Å². The summed E-state index contributed by atoms with van der Waals surface area (Å²) >= 11 is 1.51.